The molecule has 0 saturated heterocycles. The molecule has 2 N–H and O–H groups in total. The highest BCUT2D eigenvalue weighted by Gasteiger charge is 2.14. The second kappa shape index (κ2) is 6.72. The predicted octanol–water partition coefficient (Wildman–Crippen LogP) is 3.90. The minimum atomic E-state index is -0.432. The van der Waals surface area contributed by atoms with Crippen LogP contribution in [0.5, 0.6) is 0 Å². The molecule has 1 heterocycles. The molecule has 1 aromatic carbocycles. The number of para-hydroxylation sites is 1. The SMILES string of the molecule is CCNc1c(F)cccc1C(=O)NCc1ccc(Cl)s1. The van der Waals surface area contributed by atoms with Crippen molar-refractivity contribution in [2.24, 2.45) is 0 Å². The average Bonchev–Trinajstić information content (AvgIpc) is 2.84. The molecule has 2 rings (SSSR count). The smallest absolute Gasteiger partial charge is 0.253 e. The Morgan fingerprint density at radius 2 is 2.15 bits per heavy atom. The van der Waals surface area contributed by atoms with E-state index in [9.17, 15) is 9.18 Å². The molecule has 0 aliphatic rings. The highest BCUT2D eigenvalue weighted by Crippen LogP contribution is 2.22. The number of carbonyl (C=O) groups is 1. The molecule has 0 bridgehead atoms. The largest absolute Gasteiger partial charge is 0.382 e. The van der Waals surface area contributed by atoms with Crippen molar-refractivity contribution < 1.29 is 9.18 Å². The second-order valence-corrected chi connectivity index (χ2v) is 5.88. The van der Waals surface area contributed by atoms with E-state index >= 15 is 0 Å². The number of hydrogen-bond donors (Lipinski definition) is 2. The molecule has 0 unspecified atom stereocenters. The summed E-state index contributed by atoms with van der Waals surface area (Å²) in [5.74, 6) is -0.747. The van der Waals surface area contributed by atoms with Crippen LogP contribution in [0, 0.1) is 5.82 Å². The number of rotatable bonds is 5. The Morgan fingerprint density at radius 1 is 1.35 bits per heavy atom. The van der Waals surface area contributed by atoms with E-state index in [2.05, 4.69) is 10.6 Å². The Balaban J connectivity index is 2.10. The number of halogens is 2. The summed E-state index contributed by atoms with van der Waals surface area (Å²) in [7, 11) is 0. The van der Waals surface area contributed by atoms with Crippen molar-refractivity contribution in [3.05, 3.63) is 50.9 Å². The van der Waals surface area contributed by atoms with Gasteiger partial charge in [-0.15, -0.1) is 11.3 Å². The minimum Gasteiger partial charge on any atom is -0.382 e. The van der Waals surface area contributed by atoms with Crippen LogP contribution in [-0.2, 0) is 6.54 Å². The molecule has 1 aromatic heterocycles. The van der Waals surface area contributed by atoms with Gasteiger partial charge in [-0.3, -0.25) is 4.79 Å². The topological polar surface area (TPSA) is 41.1 Å². The van der Waals surface area contributed by atoms with Gasteiger partial charge >= 0.3 is 0 Å². The number of thiophene rings is 1. The molecule has 6 heteroatoms. The summed E-state index contributed by atoms with van der Waals surface area (Å²) in [6, 6.07) is 8.07. The van der Waals surface area contributed by atoms with E-state index in [0.717, 1.165) is 4.88 Å². The number of benzene rings is 1. The van der Waals surface area contributed by atoms with Crippen LogP contribution in [0.15, 0.2) is 30.3 Å². The molecule has 2 aromatic rings. The van der Waals surface area contributed by atoms with Crippen LogP contribution < -0.4 is 10.6 Å². The lowest BCUT2D eigenvalue weighted by Gasteiger charge is -2.11. The maximum Gasteiger partial charge on any atom is 0.253 e. The van der Waals surface area contributed by atoms with Crippen LogP contribution >= 0.6 is 22.9 Å². The Hall–Kier alpha value is -1.59. The van der Waals surface area contributed by atoms with Crippen LogP contribution in [0.4, 0.5) is 10.1 Å². The maximum atomic E-state index is 13.7. The normalized spacial score (nSPS) is 10.3. The summed E-state index contributed by atoms with van der Waals surface area (Å²) in [6.45, 7) is 2.77. The molecule has 106 valence electrons. The lowest BCUT2D eigenvalue weighted by atomic mass is 10.1. The van der Waals surface area contributed by atoms with Gasteiger partial charge in [0.25, 0.3) is 5.91 Å². The van der Waals surface area contributed by atoms with Crippen LogP contribution in [0.3, 0.4) is 0 Å². The molecule has 0 radical (unpaired) electrons. The van der Waals surface area contributed by atoms with Crippen LogP contribution in [0.1, 0.15) is 22.2 Å². The van der Waals surface area contributed by atoms with Crippen LogP contribution in [0.25, 0.3) is 0 Å². The standard InChI is InChI=1S/C14H14ClFN2OS/c1-2-17-13-10(4-3-5-11(13)16)14(19)18-8-9-6-7-12(15)20-9/h3-7,17H,2,8H2,1H3,(H,18,19). The summed E-state index contributed by atoms with van der Waals surface area (Å²) in [5, 5.41) is 5.63. The third-order valence-corrected chi connectivity index (χ3v) is 3.89. The fourth-order valence-corrected chi connectivity index (χ4v) is 2.81. The van der Waals surface area contributed by atoms with Gasteiger partial charge in [-0.2, -0.15) is 0 Å². The van der Waals surface area contributed by atoms with E-state index in [1.54, 1.807) is 12.1 Å². The first-order valence-electron chi connectivity index (χ1n) is 6.16. The first kappa shape index (κ1) is 14.8. The van der Waals surface area contributed by atoms with Gasteiger partial charge in [-0.05, 0) is 31.2 Å². The highest BCUT2D eigenvalue weighted by atomic mass is 35.5. The Labute approximate surface area is 125 Å². The van der Waals surface area contributed by atoms with Gasteiger partial charge in [-0.1, -0.05) is 17.7 Å². The fraction of sp³-hybridized carbons (Fsp3) is 0.214. The molecule has 0 spiro atoms. The maximum absolute atomic E-state index is 13.7. The summed E-state index contributed by atoms with van der Waals surface area (Å²) in [4.78, 5) is 13.1. The zero-order valence-electron chi connectivity index (χ0n) is 10.9. The van der Waals surface area contributed by atoms with Gasteiger partial charge in [0.05, 0.1) is 22.1 Å². The van der Waals surface area contributed by atoms with Crippen LogP contribution in [-0.4, -0.2) is 12.5 Å². The van der Waals surface area contributed by atoms with Crippen molar-refractivity contribution in [2.45, 2.75) is 13.5 Å². The summed E-state index contributed by atoms with van der Waals surface area (Å²) >= 11 is 7.23. The number of carbonyl (C=O) groups excluding carboxylic acids is 1. The van der Waals surface area contributed by atoms with Crippen molar-refractivity contribution in [3.63, 3.8) is 0 Å². The summed E-state index contributed by atoms with van der Waals surface area (Å²) in [6.07, 6.45) is 0. The first-order chi connectivity index (χ1) is 9.61. The first-order valence-corrected chi connectivity index (χ1v) is 7.36. The summed E-state index contributed by atoms with van der Waals surface area (Å²) in [5.41, 5.74) is 0.534. The molecule has 1 amide bonds. The Morgan fingerprint density at radius 3 is 2.80 bits per heavy atom. The predicted molar refractivity (Wildman–Crippen MR) is 81.1 cm³/mol. The number of nitrogens with one attached hydrogen (secondary N) is 2. The molecular formula is C14H14ClFN2OS. The molecule has 0 atom stereocenters. The van der Waals surface area contributed by atoms with Crippen molar-refractivity contribution in [1.29, 1.82) is 0 Å². The van der Waals surface area contributed by atoms with E-state index in [4.69, 9.17) is 11.6 Å². The zero-order chi connectivity index (χ0) is 14.5. The van der Waals surface area contributed by atoms with E-state index in [0.29, 0.717) is 23.0 Å². The van der Waals surface area contributed by atoms with Gasteiger partial charge in [0.15, 0.2) is 0 Å². The molecule has 0 fully saturated rings. The molecule has 3 nitrogen and oxygen atoms in total. The second-order valence-electron chi connectivity index (χ2n) is 4.08. The molecule has 0 aliphatic carbocycles. The van der Waals surface area contributed by atoms with Crippen molar-refractivity contribution in [1.82, 2.24) is 5.32 Å². The Bertz CT molecular complexity index is 615. The Kier molecular flexibility index (Phi) is 4.98. The lowest BCUT2D eigenvalue weighted by molar-refractivity contribution is 0.0951. The summed E-state index contributed by atoms with van der Waals surface area (Å²) < 4.78 is 14.4. The van der Waals surface area contributed by atoms with E-state index in [1.807, 2.05) is 13.0 Å². The third-order valence-electron chi connectivity index (χ3n) is 2.66. The molecule has 0 aliphatic heterocycles. The van der Waals surface area contributed by atoms with Gasteiger partial charge in [0.1, 0.15) is 5.82 Å². The lowest BCUT2D eigenvalue weighted by Crippen LogP contribution is -2.24. The third kappa shape index (κ3) is 3.49. The number of amides is 1. The van der Waals surface area contributed by atoms with Crippen molar-refractivity contribution in [3.8, 4) is 0 Å². The van der Waals surface area contributed by atoms with Gasteiger partial charge in [0, 0.05) is 11.4 Å². The quantitative estimate of drug-likeness (QED) is 0.879. The average molecular weight is 313 g/mol. The molecular weight excluding hydrogens is 299 g/mol. The van der Waals surface area contributed by atoms with Crippen molar-refractivity contribution in [2.75, 3.05) is 11.9 Å². The van der Waals surface area contributed by atoms with Gasteiger partial charge < -0.3 is 10.6 Å². The highest BCUT2D eigenvalue weighted by molar-refractivity contribution is 7.16. The number of hydrogen-bond acceptors (Lipinski definition) is 3. The zero-order valence-corrected chi connectivity index (χ0v) is 12.4. The van der Waals surface area contributed by atoms with E-state index < -0.39 is 5.82 Å². The van der Waals surface area contributed by atoms with E-state index in [-0.39, 0.29) is 11.6 Å². The fourth-order valence-electron chi connectivity index (χ4n) is 1.78. The van der Waals surface area contributed by atoms with E-state index in [1.165, 1.54) is 23.5 Å². The van der Waals surface area contributed by atoms with Crippen molar-refractivity contribution >= 4 is 34.5 Å². The molecule has 0 saturated carbocycles. The van der Waals surface area contributed by atoms with Gasteiger partial charge in [0.2, 0.25) is 0 Å². The number of anilines is 1. The van der Waals surface area contributed by atoms with Crippen LogP contribution in [0.2, 0.25) is 4.34 Å². The van der Waals surface area contributed by atoms with Gasteiger partial charge in [-0.25, -0.2) is 4.39 Å². The monoisotopic (exact) mass is 312 g/mol. The molecule has 20 heavy (non-hydrogen) atoms. The minimum absolute atomic E-state index is 0.233.